The molecule has 1 aromatic rings. The summed E-state index contributed by atoms with van der Waals surface area (Å²) < 4.78 is 1.60. The van der Waals surface area contributed by atoms with Gasteiger partial charge in [-0.2, -0.15) is 5.10 Å². The number of carbonyl (C=O) groups excluding carboxylic acids is 1. The Morgan fingerprint density at radius 1 is 1.48 bits per heavy atom. The minimum absolute atomic E-state index is 0.157. The first-order valence-electron chi connectivity index (χ1n) is 8.01. The molecule has 1 aromatic heterocycles. The number of nitrogens with zero attached hydrogens (tertiary/aromatic N) is 2. The predicted molar refractivity (Wildman–Crippen MR) is 82.1 cm³/mol. The molecule has 1 heterocycles. The fourth-order valence-corrected chi connectivity index (χ4v) is 3.05. The van der Waals surface area contributed by atoms with Crippen molar-refractivity contribution >= 4 is 5.91 Å². The Morgan fingerprint density at radius 2 is 2.14 bits per heavy atom. The molecule has 0 spiro atoms. The van der Waals surface area contributed by atoms with Crippen LogP contribution in [0.25, 0.3) is 0 Å². The van der Waals surface area contributed by atoms with Crippen LogP contribution in [0.4, 0.5) is 0 Å². The number of aliphatic hydroxyl groups is 1. The zero-order chi connectivity index (χ0) is 15.5. The molecule has 21 heavy (non-hydrogen) atoms. The SMILES string of the molecule is CCc1cc(C(=O)NCC2(O)CCC(CC)CC2)n(C)n1. The van der Waals surface area contributed by atoms with Gasteiger partial charge in [-0.05, 0) is 44.1 Å². The summed E-state index contributed by atoms with van der Waals surface area (Å²) in [6.45, 7) is 4.54. The maximum atomic E-state index is 12.2. The van der Waals surface area contributed by atoms with Crippen molar-refractivity contribution in [1.29, 1.82) is 0 Å². The third-order valence-corrected chi connectivity index (χ3v) is 4.72. The molecule has 0 saturated heterocycles. The quantitative estimate of drug-likeness (QED) is 0.873. The molecule has 2 rings (SSSR count). The van der Waals surface area contributed by atoms with Crippen LogP contribution in [0.15, 0.2) is 6.07 Å². The summed E-state index contributed by atoms with van der Waals surface area (Å²) in [5.41, 5.74) is 0.718. The summed E-state index contributed by atoms with van der Waals surface area (Å²) in [6, 6.07) is 1.81. The number of carbonyl (C=O) groups is 1. The van der Waals surface area contributed by atoms with Crippen LogP contribution in [0.2, 0.25) is 0 Å². The van der Waals surface area contributed by atoms with Crippen molar-refractivity contribution in [3.8, 4) is 0 Å². The Hall–Kier alpha value is -1.36. The van der Waals surface area contributed by atoms with Crippen molar-refractivity contribution in [3.05, 3.63) is 17.5 Å². The van der Waals surface area contributed by atoms with Crippen LogP contribution in [-0.4, -0.2) is 32.9 Å². The summed E-state index contributed by atoms with van der Waals surface area (Å²) in [6.07, 6.45) is 5.64. The van der Waals surface area contributed by atoms with Crippen molar-refractivity contribution < 1.29 is 9.90 Å². The second-order valence-corrected chi connectivity index (χ2v) is 6.26. The fourth-order valence-electron chi connectivity index (χ4n) is 3.05. The molecular weight excluding hydrogens is 266 g/mol. The summed E-state index contributed by atoms with van der Waals surface area (Å²) in [5.74, 6) is 0.570. The van der Waals surface area contributed by atoms with E-state index in [0.29, 0.717) is 12.2 Å². The number of hydrogen-bond donors (Lipinski definition) is 2. The van der Waals surface area contributed by atoms with E-state index in [2.05, 4.69) is 17.3 Å². The molecule has 1 saturated carbocycles. The standard InChI is InChI=1S/C16H27N3O2/c1-4-12-6-8-16(21,9-7-12)11-17-15(20)14-10-13(5-2)18-19(14)3/h10,12,21H,4-9,11H2,1-3H3,(H,17,20). The lowest BCUT2D eigenvalue weighted by molar-refractivity contribution is -0.00793. The molecule has 1 amide bonds. The van der Waals surface area contributed by atoms with E-state index in [-0.39, 0.29) is 5.91 Å². The van der Waals surface area contributed by atoms with Gasteiger partial charge in [-0.3, -0.25) is 9.48 Å². The Bertz CT molecular complexity index is 488. The molecule has 0 atom stereocenters. The molecule has 2 N–H and O–H groups in total. The molecule has 1 aliphatic rings. The largest absolute Gasteiger partial charge is 0.388 e. The lowest BCUT2D eigenvalue weighted by atomic mass is 9.78. The molecule has 1 fully saturated rings. The molecule has 118 valence electrons. The smallest absolute Gasteiger partial charge is 0.269 e. The van der Waals surface area contributed by atoms with Crippen molar-refractivity contribution in [2.24, 2.45) is 13.0 Å². The van der Waals surface area contributed by atoms with Gasteiger partial charge in [0.25, 0.3) is 5.91 Å². The topological polar surface area (TPSA) is 67.2 Å². The van der Waals surface area contributed by atoms with E-state index in [0.717, 1.165) is 43.7 Å². The number of hydrogen-bond acceptors (Lipinski definition) is 3. The highest BCUT2D eigenvalue weighted by atomic mass is 16.3. The predicted octanol–water partition coefficient (Wildman–Crippen LogP) is 2.04. The van der Waals surface area contributed by atoms with Crippen LogP contribution in [-0.2, 0) is 13.5 Å². The van der Waals surface area contributed by atoms with Crippen molar-refractivity contribution in [1.82, 2.24) is 15.1 Å². The van der Waals surface area contributed by atoms with Crippen molar-refractivity contribution in [2.45, 2.75) is 58.0 Å². The molecular formula is C16H27N3O2. The van der Waals surface area contributed by atoms with Gasteiger partial charge < -0.3 is 10.4 Å². The Balaban J connectivity index is 1.90. The molecule has 5 nitrogen and oxygen atoms in total. The summed E-state index contributed by atoms with van der Waals surface area (Å²) in [5, 5.41) is 17.7. The highest BCUT2D eigenvalue weighted by Gasteiger charge is 2.33. The van der Waals surface area contributed by atoms with Crippen molar-refractivity contribution in [3.63, 3.8) is 0 Å². The molecule has 0 aliphatic heterocycles. The normalized spacial score (nSPS) is 25.8. The van der Waals surface area contributed by atoms with Gasteiger partial charge in [0, 0.05) is 13.6 Å². The fraction of sp³-hybridized carbons (Fsp3) is 0.750. The van der Waals surface area contributed by atoms with Gasteiger partial charge in [0.1, 0.15) is 5.69 Å². The molecule has 0 unspecified atom stereocenters. The van der Waals surface area contributed by atoms with E-state index < -0.39 is 5.60 Å². The van der Waals surface area contributed by atoms with Gasteiger partial charge in [0.2, 0.25) is 0 Å². The summed E-state index contributed by atoms with van der Waals surface area (Å²) >= 11 is 0. The number of rotatable bonds is 5. The zero-order valence-corrected chi connectivity index (χ0v) is 13.4. The number of aryl methyl sites for hydroxylation is 2. The van der Waals surface area contributed by atoms with E-state index >= 15 is 0 Å². The molecule has 0 aromatic carbocycles. The average molecular weight is 293 g/mol. The van der Waals surface area contributed by atoms with E-state index in [4.69, 9.17) is 0 Å². The van der Waals surface area contributed by atoms with Gasteiger partial charge in [-0.15, -0.1) is 0 Å². The lowest BCUT2D eigenvalue weighted by Gasteiger charge is -2.35. The second-order valence-electron chi connectivity index (χ2n) is 6.26. The molecule has 0 bridgehead atoms. The van der Waals surface area contributed by atoms with Gasteiger partial charge >= 0.3 is 0 Å². The first-order chi connectivity index (χ1) is 9.97. The zero-order valence-electron chi connectivity index (χ0n) is 13.4. The maximum Gasteiger partial charge on any atom is 0.269 e. The Labute approximate surface area is 126 Å². The lowest BCUT2D eigenvalue weighted by Crippen LogP contribution is -2.45. The maximum absolute atomic E-state index is 12.2. The highest BCUT2D eigenvalue weighted by molar-refractivity contribution is 5.92. The third-order valence-electron chi connectivity index (χ3n) is 4.72. The molecule has 1 aliphatic carbocycles. The van der Waals surface area contributed by atoms with Crippen LogP contribution >= 0.6 is 0 Å². The first-order valence-corrected chi connectivity index (χ1v) is 8.01. The van der Waals surface area contributed by atoms with Gasteiger partial charge in [0.15, 0.2) is 0 Å². The Morgan fingerprint density at radius 3 is 2.67 bits per heavy atom. The summed E-state index contributed by atoms with van der Waals surface area (Å²) in [4.78, 5) is 12.2. The van der Waals surface area contributed by atoms with E-state index in [1.165, 1.54) is 6.42 Å². The van der Waals surface area contributed by atoms with Crippen LogP contribution < -0.4 is 5.32 Å². The number of amides is 1. The van der Waals surface area contributed by atoms with E-state index in [1.807, 2.05) is 13.0 Å². The third kappa shape index (κ3) is 3.84. The number of nitrogens with one attached hydrogen (secondary N) is 1. The monoisotopic (exact) mass is 293 g/mol. The number of aromatic nitrogens is 2. The second kappa shape index (κ2) is 6.60. The van der Waals surface area contributed by atoms with E-state index in [1.54, 1.807) is 11.7 Å². The minimum Gasteiger partial charge on any atom is -0.388 e. The minimum atomic E-state index is -0.743. The highest BCUT2D eigenvalue weighted by Crippen LogP contribution is 2.33. The van der Waals surface area contributed by atoms with Crippen molar-refractivity contribution in [2.75, 3.05) is 6.54 Å². The van der Waals surface area contributed by atoms with Gasteiger partial charge in [-0.1, -0.05) is 20.3 Å². The summed E-state index contributed by atoms with van der Waals surface area (Å²) in [7, 11) is 1.77. The van der Waals surface area contributed by atoms with Crippen LogP contribution in [0.3, 0.4) is 0 Å². The van der Waals surface area contributed by atoms with E-state index in [9.17, 15) is 9.90 Å². The molecule has 0 radical (unpaired) electrons. The average Bonchev–Trinajstić information content (AvgIpc) is 2.87. The van der Waals surface area contributed by atoms with Gasteiger partial charge in [0.05, 0.1) is 11.3 Å². The first kappa shape index (κ1) is 16.0. The molecule has 5 heteroatoms. The van der Waals surface area contributed by atoms with Gasteiger partial charge in [-0.25, -0.2) is 0 Å². The van der Waals surface area contributed by atoms with Crippen LogP contribution in [0.1, 0.15) is 62.1 Å². The Kier molecular flexibility index (Phi) is 5.04. The van der Waals surface area contributed by atoms with Crippen LogP contribution in [0, 0.1) is 5.92 Å². The van der Waals surface area contributed by atoms with Crippen LogP contribution in [0.5, 0.6) is 0 Å².